The van der Waals surface area contributed by atoms with Crippen LogP contribution in [-0.2, 0) is 14.8 Å². The summed E-state index contributed by atoms with van der Waals surface area (Å²) in [7, 11) is -2.67. The first kappa shape index (κ1) is 13.9. The molecule has 7 nitrogen and oxygen atoms in total. The van der Waals surface area contributed by atoms with Crippen molar-refractivity contribution in [2.45, 2.75) is 17.4 Å². The quantitative estimate of drug-likeness (QED) is 0.761. The van der Waals surface area contributed by atoms with Crippen LogP contribution in [0.2, 0.25) is 0 Å². The Labute approximate surface area is 110 Å². The first-order valence-corrected chi connectivity index (χ1v) is 7.11. The normalized spacial score (nSPS) is 20.4. The molecule has 1 atom stereocenters. The topological polar surface area (TPSA) is 96.8 Å². The minimum absolute atomic E-state index is 0.0256. The van der Waals surface area contributed by atoms with Gasteiger partial charge in [0, 0.05) is 25.5 Å². The molecule has 2 heterocycles. The van der Waals surface area contributed by atoms with Gasteiger partial charge >= 0.3 is 5.97 Å². The zero-order valence-corrected chi connectivity index (χ0v) is 11.1. The molecule has 0 amide bonds. The van der Waals surface area contributed by atoms with Gasteiger partial charge in [-0.15, -0.1) is 0 Å². The van der Waals surface area contributed by atoms with E-state index in [-0.39, 0.29) is 23.5 Å². The summed E-state index contributed by atoms with van der Waals surface area (Å²) >= 11 is 0. The lowest BCUT2D eigenvalue weighted by Crippen LogP contribution is -2.31. The third kappa shape index (κ3) is 2.60. The fourth-order valence-electron chi connectivity index (χ4n) is 1.93. The standard InChI is InChI=1S/C11H14N2O5S/c1-18-11(15)9-2-4-12-6-10(9)19(16,17)13-5-3-8(14)7-13/h2,4,6,8,14H,3,5,7H2,1H3/t8-/m1/s1. The summed E-state index contributed by atoms with van der Waals surface area (Å²) in [5, 5.41) is 9.42. The number of nitrogens with zero attached hydrogens (tertiary/aromatic N) is 2. The van der Waals surface area contributed by atoms with Crippen molar-refractivity contribution in [1.82, 2.24) is 9.29 Å². The molecule has 1 aromatic heterocycles. The highest BCUT2D eigenvalue weighted by atomic mass is 32.2. The van der Waals surface area contributed by atoms with Crippen LogP contribution in [-0.4, -0.2) is 55.1 Å². The summed E-state index contributed by atoms with van der Waals surface area (Å²) in [5.41, 5.74) is -0.0566. The largest absolute Gasteiger partial charge is 0.465 e. The molecule has 1 aliphatic heterocycles. The highest BCUT2D eigenvalue weighted by molar-refractivity contribution is 7.89. The predicted molar refractivity (Wildman–Crippen MR) is 65.0 cm³/mol. The molecule has 8 heteroatoms. The Morgan fingerprint density at radius 1 is 1.58 bits per heavy atom. The van der Waals surface area contributed by atoms with Crippen molar-refractivity contribution in [3.63, 3.8) is 0 Å². The van der Waals surface area contributed by atoms with Crippen molar-refractivity contribution in [3.8, 4) is 0 Å². The number of aromatic nitrogens is 1. The number of esters is 1. The molecule has 104 valence electrons. The number of ether oxygens (including phenoxy) is 1. The van der Waals surface area contributed by atoms with Gasteiger partial charge < -0.3 is 9.84 Å². The number of hydrogen-bond donors (Lipinski definition) is 1. The average molecular weight is 286 g/mol. The molecule has 0 spiro atoms. The third-order valence-electron chi connectivity index (χ3n) is 2.93. The van der Waals surface area contributed by atoms with Crippen LogP contribution in [0.25, 0.3) is 0 Å². The molecule has 1 fully saturated rings. The van der Waals surface area contributed by atoms with Crippen molar-refractivity contribution in [2.75, 3.05) is 20.2 Å². The second kappa shape index (κ2) is 5.24. The molecule has 1 aliphatic rings. The molecule has 1 N–H and O–H groups in total. The third-order valence-corrected chi connectivity index (χ3v) is 4.83. The van der Waals surface area contributed by atoms with Gasteiger partial charge in [-0.2, -0.15) is 4.31 Å². The molecule has 19 heavy (non-hydrogen) atoms. The van der Waals surface area contributed by atoms with Crippen molar-refractivity contribution in [2.24, 2.45) is 0 Å². The Bertz CT molecular complexity index is 587. The van der Waals surface area contributed by atoms with Crippen LogP contribution in [0.4, 0.5) is 0 Å². The van der Waals surface area contributed by atoms with Gasteiger partial charge in [-0.05, 0) is 12.5 Å². The molecule has 1 saturated heterocycles. The summed E-state index contributed by atoms with van der Waals surface area (Å²) in [4.78, 5) is 15.1. The van der Waals surface area contributed by atoms with E-state index in [1.807, 2.05) is 0 Å². The van der Waals surface area contributed by atoms with E-state index in [0.717, 1.165) is 10.5 Å². The van der Waals surface area contributed by atoms with Crippen LogP contribution in [0.1, 0.15) is 16.8 Å². The number of carbonyl (C=O) groups is 1. The van der Waals surface area contributed by atoms with Crippen molar-refractivity contribution in [3.05, 3.63) is 24.0 Å². The van der Waals surface area contributed by atoms with Gasteiger partial charge in [-0.3, -0.25) is 4.98 Å². The summed E-state index contributed by atoms with van der Waals surface area (Å²) in [5.74, 6) is -0.735. The van der Waals surface area contributed by atoms with E-state index >= 15 is 0 Å². The number of pyridine rings is 1. The number of carbonyl (C=O) groups excluding carboxylic acids is 1. The number of methoxy groups -OCH3 is 1. The number of aliphatic hydroxyl groups excluding tert-OH is 1. The predicted octanol–water partition coefficient (Wildman–Crippen LogP) is -0.377. The second-order valence-electron chi connectivity index (χ2n) is 4.17. The van der Waals surface area contributed by atoms with Crippen molar-refractivity contribution < 1.29 is 23.1 Å². The Morgan fingerprint density at radius 3 is 2.89 bits per heavy atom. The highest BCUT2D eigenvalue weighted by Gasteiger charge is 2.34. The van der Waals surface area contributed by atoms with Crippen LogP contribution in [0.5, 0.6) is 0 Å². The number of aliphatic hydroxyl groups is 1. The molecule has 2 rings (SSSR count). The van der Waals surface area contributed by atoms with Gasteiger partial charge in [-0.1, -0.05) is 0 Å². The molecular weight excluding hydrogens is 272 g/mol. The van der Waals surface area contributed by atoms with Gasteiger partial charge in [0.05, 0.1) is 18.8 Å². The fourth-order valence-corrected chi connectivity index (χ4v) is 3.55. The van der Waals surface area contributed by atoms with E-state index in [4.69, 9.17) is 0 Å². The maximum Gasteiger partial charge on any atom is 0.339 e. The van der Waals surface area contributed by atoms with Crippen LogP contribution >= 0.6 is 0 Å². The lowest BCUT2D eigenvalue weighted by Gasteiger charge is -2.17. The molecule has 0 saturated carbocycles. The molecule has 0 bridgehead atoms. The highest BCUT2D eigenvalue weighted by Crippen LogP contribution is 2.23. The fraction of sp³-hybridized carbons (Fsp3) is 0.455. The van der Waals surface area contributed by atoms with Gasteiger partial charge in [0.25, 0.3) is 0 Å². The molecule has 0 aromatic carbocycles. The second-order valence-corrected chi connectivity index (χ2v) is 6.08. The van der Waals surface area contributed by atoms with Crippen LogP contribution < -0.4 is 0 Å². The Balaban J connectivity index is 2.44. The van der Waals surface area contributed by atoms with E-state index in [1.54, 1.807) is 0 Å². The lowest BCUT2D eigenvalue weighted by molar-refractivity contribution is 0.0596. The minimum atomic E-state index is -3.85. The van der Waals surface area contributed by atoms with E-state index in [9.17, 15) is 18.3 Å². The van der Waals surface area contributed by atoms with Crippen molar-refractivity contribution >= 4 is 16.0 Å². The summed E-state index contributed by atoms with van der Waals surface area (Å²) < 4.78 is 30.5. The number of rotatable bonds is 3. The average Bonchev–Trinajstić information content (AvgIpc) is 2.85. The number of β-amino-alcohol motifs (C(OH)–C–C–N with tert-alkyl or cyclic N) is 1. The molecule has 0 aliphatic carbocycles. The summed E-state index contributed by atoms with van der Waals surface area (Å²) in [6.45, 7) is 0.247. The van der Waals surface area contributed by atoms with Crippen molar-refractivity contribution in [1.29, 1.82) is 0 Å². The smallest absolute Gasteiger partial charge is 0.339 e. The van der Waals surface area contributed by atoms with Crippen LogP contribution in [0, 0.1) is 0 Å². The number of hydrogen-bond acceptors (Lipinski definition) is 6. The lowest BCUT2D eigenvalue weighted by atomic mass is 10.3. The maximum atomic E-state index is 12.4. The van der Waals surface area contributed by atoms with Gasteiger partial charge in [0.15, 0.2) is 0 Å². The number of sulfonamides is 1. The molecule has 1 aromatic rings. The summed E-state index contributed by atoms with van der Waals surface area (Å²) in [6.07, 6.45) is 2.15. The molecule has 0 radical (unpaired) electrons. The zero-order valence-electron chi connectivity index (χ0n) is 10.3. The van der Waals surface area contributed by atoms with Crippen LogP contribution in [0.3, 0.4) is 0 Å². The Hall–Kier alpha value is -1.51. The van der Waals surface area contributed by atoms with Gasteiger partial charge in [0.2, 0.25) is 10.0 Å². The maximum absolute atomic E-state index is 12.4. The van der Waals surface area contributed by atoms with E-state index in [2.05, 4.69) is 9.72 Å². The summed E-state index contributed by atoms with van der Waals surface area (Å²) in [6, 6.07) is 1.30. The Kier molecular flexibility index (Phi) is 3.83. The molecule has 0 unspecified atom stereocenters. The van der Waals surface area contributed by atoms with Gasteiger partial charge in [0.1, 0.15) is 4.90 Å². The van der Waals surface area contributed by atoms with E-state index in [1.165, 1.54) is 19.4 Å². The first-order chi connectivity index (χ1) is 8.96. The monoisotopic (exact) mass is 286 g/mol. The zero-order chi connectivity index (χ0) is 14.0. The van der Waals surface area contributed by atoms with Crippen LogP contribution in [0.15, 0.2) is 23.4 Å². The minimum Gasteiger partial charge on any atom is -0.465 e. The van der Waals surface area contributed by atoms with Gasteiger partial charge in [-0.25, -0.2) is 13.2 Å². The first-order valence-electron chi connectivity index (χ1n) is 5.67. The SMILES string of the molecule is COC(=O)c1ccncc1S(=O)(=O)N1CC[C@@H](O)C1. The van der Waals surface area contributed by atoms with E-state index in [0.29, 0.717) is 6.42 Å². The Morgan fingerprint density at radius 2 is 2.32 bits per heavy atom. The van der Waals surface area contributed by atoms with E-state index < -0.39 is 22.1 Å². The molecular formula is C11H14N2O5S.